The summed E-state index contributed by atoms with van der Waals surface area (Å²) in [5, 5.41) is 1.98. The minimum Gasteiger partial charge on any atom is -1.00 e. The summed E-state index contributed by atoms with van der Waals surface area (Å²) in [5.41, 5.74) is 0. The van der Waals surface area contributed by atoms with Crippen LogP contribution in [0, 0.1) is 0 Å². The van der Waals surface area contributed by atoms with Crippen molar-refractivity contribution in [1.29, 1.82) is 0 Å². The van der Waals surface area contributed by atoms with E-state index in [1.54, 1.807) is 23.5 Å². The Hall–Kier alpha value is 0.840. The van der Waals surface area contributed by atoms with E-state index in [0.29, 0.717) is 0 Å². The highest BCUT2D eigenvalue weighted by Gasteiger charge is 2.11. The molecule has 0 atom stereocenters. The molecule has 1 aliphatic rings. The quantitative estimate of drug-likeness (QED) is 0.479. The minimum absolute atomic E-state index is 0. The number of thioether (sulfide) groups is 2. The van der Waals surface area contributed by atoms with Crippen LogP contribution < -0.4 is 29.0 Å². The van der Waals surface area contributed by atoms with Crippen LogP contribution in [0.15, 0.2) is 11.6 Å². The summed E-state index contributed by atoms with van der Waals surface area (Å²) < 4.78 is 1.14. The number of aliphatic imine (C=N–C) groups is 1. The molecule has 0 unspecified atom stereocenters. The van der Waals surface area contributed by atoms with E-state index in [-0.39, 0.29) is 24.0 Å². The summed E-state index contributed by atoms with van der Waals surface area (Å²) in [7, 11) is 0. The lowest BCUT2D eigenvalue weighted by atomic mass is 11.1. The van der Waals surface area contributed by atoms with Gasteiger partial charge in [0.2, 0.25) is 0 Å². The van der Waals surface area contributed by atoms with Gasteiger partial charge in [0.25, 0.3) is 6.20 Å². The van der Waals surface area contributed by atoms with Crippen molar-refractivity contribution in [1.82, 2.24) is 4.99 Å². The fraction of sp³-hybridized carbons (Fsp3) is 0.250. The van der Waals surface area contributed by atoms with E-state index in [9.17, 15) is 0 Å². The van der Waals surface area contributed by atoms with Gasteiger partial charge in [-0.25, -0.2) is 0 Å². The standard InChI is InChI=1S/C4H5NS2.HI/c1-6-4-5-2-3-7-4;/h2-3H,1H3;1H/q+1;/p-1. The number of nitrogens with zero attached hydrogens (tertiary/aromatic N) is 1. The Morgan fingerprint density at radius 2 is 2.50 bits per heavy atom. The Bertz CT molecular complexity index is 121. The minimum atomic E-state index is 0. The summed E-state index contributed by atoms with van der Waals surface area (Å²) in [6.45, 7) is 0. The molecule has 0 N–H and O–H groups in total. The molecular weight excluding hydrogens is 253 g/mol. The number of rotatable bonds is 0. The molecule has 0 fully saturated rings. The van der Waals surface area contributed by atoms with Gasteiger partial charge in [-0.05, 0) is 29.8 Å². The van der Waals surface area contributed by atoms with Gasteiger partial charge in [0, 0.05) is 0 Å². The summed E-state index contributed by atoms with van der Waals surface area (Å²) in [6, 6.07) is 0. The molecule has 0 aromatic heterocycles. The predicted molar refractivity (Wildman–Crippen MR) is 37.4 cm³/mol. The third-order valence-corrected chi connectivity index (χ3v) is 2.39. The molecule has 1 rings (SSSR count). The molecule has 0 aromatic carbocycles. The van der Waals surface area contributed by atoms with Gasteiger partial charge in [-0.1, -0.05) is 0 Å². The monoisotopic (exact) mass is 258 g/mol. The molecule has 0 aliphatic carbocycles. The van der Waals surface area contributed by atoms with E-state index < -0.39 is 0 Å². The van der Waals surface area contributed by atoms with E-state index >= 15 is 0 Å². The molecule has 0 saturated carbocycles. The van der Waals surface area contributed by atoms with Crippen molar-refractivity contribution in [2.45, 2.75) is 0 Å². The molecule has 4 heteroatoms. The van der Waals surface area contributed by atoms with E-state index in [2.05, 4.69) is 4.99 Å². The Kier molecular flexibility index (Phi) is 5.19. The lowest BCUT2D eigenvalue weighted by Gasteiger charge is -1.72. The summed E-state index contributed by atoms with van der Waals surface area (Å²) in [4.78, 5) is 4.02. The molecule has 8 heavy (non-hydrogen) atoms. The molecule has 0 aromatic rings. The van der Waals surface area contributed by atoms with Crippen LogP contribution in [0.1, 0.15) is 0 Å². The third-order valence-electron chi connectivity index (χ3n) is 0.584. The van der Waals surface area contributed by atoms with Crippen LogP contribution in [0.4, 0.5) is 0 Å². The molecule has 1 heterocycles. The molecule has 1 radical (unpaired) electrons. The lowest BCUT2D eigenvalue weighted by molar-refractivity contribution is -0.00000134. The van der Waals surface area contributed by atoms with E-state index in [4.69, 9.17) is 0 Å². The maximum absolute atomic E-state index is 4.02. The van der Waals surface area contributed by atoms with Crippen LogP contribution in [-0.4, -0.2) is 10.6 Å². The van der Waals surface area contributed by atoms with Gasteiger partial charge in [0.1, 0.15) is 0 Å². The smallest absolute Gasteiger partial charge is 0.349 e. The highest BCUT2D eigenvalue weighted by atomic mass is 127. The zero-order valence-corrected chi connectivity index (χ0v) is 8.09. The second kappa shape index (κ2) is 4.69. The van der Waals surface area contributed by atoms with Gasteiger partial charge in [-0.15, -0.1) is 0 Å². The van der Waals surface area contributed by atoms with Crippen molar-refractivity contribution in [3.05, 3.63) is 11.6 Å². The van der Waals surface area contributed by atoms with Gasteiger partial charge in [0.15, 0.2) is 0 Å². The van der Waals surface area contributed by atoms with Crippen molar-refractivity contribution in [3.63, 3.8) is 0 Å². The van der Waals surface area contributed by atoms with Crippen molar-refractivity contribution in [3.8, 4) is 0 Å². The first-order chi connectivity index (χ1) is 3.43. The highest BCUT2D eigenvalue weighted by Crippen LogP contribution is 2.15. The fourth-order valence-electron chi connectivity index (χ4n) is 0.311. The molecule has 1 nitrogen and oxygen atoms in total. The van der Waals surface area contributed by atoms with E-state index in [1.165, 1.54) is 0 Å². The van der Waals surface area contributed by atoms with Crippen molar-refractivity contribution in [2.24, 2.45) is 0 Å². The average Bonchev–Trinajstić information content (AvgIpc) is 2.14. The van der Waals surface area contributed by atoms with Gasteiger partial charge in [0.05, 0.1) is 10.4 Å². The zero-order valence-electron chi connectivity index (χ0n) is 4.30. The van der Waals surface area contributed by atoms with Crippen LogP contribution in [0.2, 0.25) is 0 Å². The van der Waals surface area contributed by atoms with Crippen molar-refractivity contribution in [2.75, 3.05) is 6.26 Å². The number of hydrogen-bond acceptors (Lipinski definition) is 3. The molecule has 0 amide bonds. The molecule has 1 aliphatic heterocycles. The summed E-state index contributed by atoms with van der Waals surface area (Å²) in [5.74, 6) is 0. The third kappa shape index (κ3) is 2.41. The second-order valence-electron chi connectivity index (χ2n) is 1.00. The van der Waals surface area contributed by atoms with Crippen LogP contribution in [-0.2, 0) is 0 Å². The average molecular weight is 258 g/mol. The fourth-order valence-corrected chi connectivity index (χ4v) is 1.39. The van der Waals surface area contributed by atoms with Gasteiger partial charge in [-0.3, -0.25) is 0 Å². The Morgan fingerprint density at radius 3 is 2.75 bits per heavy atom. The largest absolute Gasteiger partial charge is 1.00 e. The van der Waals surface area contributed by atoms with Crippen LogP contribution in [0.3, 0.4) is 0 Å². The Labute approximate surface area is 74.4 Å². The van der Waals surface area contributed by atoms with Crippen LogP contribution >= 0.6 is 23.5 Å². The molecule has 0 saturated heterocycles. The van der Waals surface area contributed by atoms with Crippen LogP contribution in [0.25, 0.3) is 0 Å². The van der Waals surface area contributed by atoms with Crippen molar-refractivity contribution < 1.29 is 24.0 Å². The normalized spacial score (nSPS) is 15.4. The topological polar surface area (TPSA) is 14.1 Å². The highest BCUT2D eigenvalue weighted by molar-refractivity contribution is 8.39. The molecule has 0 spiro atoms. The first-order valence-electron chi connectivity index (χ1n) is 1.87. The van der Waals surface area contributed by atoms with Crippen molar-refractivity contribution >= 4 is 27.9 Å². The maximum Gasteiger partial charge on any atom is 0.349 e. The Balaban J connectivity index is 0.000000490. The first kappa shape index (κ1) is 8.84. The lowest BCUT2D eigenvalue weighted by Crippen LogP contribution is -3.00. The predicted octanol–water partition coefficient (Wildman–Crippen LogP) is -1.74. The van der Waals surface area contributed by atoms with E-state index in [0.717, 1.165) is 4.38 Å². The number of halogens is 1. The van der Waals surface area contributed by atoms with Gasteiger partial charge >= 0.3 is 4.38 Å². The van der Waals surface area contributed by atoms with Gasteiger partial charge in [-0.2, -0.15) is 0 Å². The number of hydrogen-bond donors (Lipinski definition) is 0. The molecular formula is C4H5INS2. The molecule has 45 valence electrons. The summed E-state index contributed by atoms with van der Waals surface area (Å²) >= 11 is 3.36. The Morgan fingerprint density at radius 1 is 1.75 bits per heavy atom. The van der Waals surface area contributed by atoms with Gasteiger partial charge < -0.3 is 24.0 Å². The SMILES string of the molecule is CSC1=[N+]C=CS1.[I-]. The maximum atomic E-state index is 4.02. The summed E-state index contributed by atoms with van der Waals surface area (Å²) in [6.07, 6.45) is 3.84. The zero-order chi connectivity index (χ0) is 5.11. The van der Waals surface area contributed by atoms with E-state index in [1.807, 2.05) is 17.9 Å². The van der Waals surface area contributed by atoms with Crippen LogP contribution in [0.5, 0.6) is 0 Å². The second-order valence-corrected chi connectivity index (χ2v) is 2.95. The molecule has 0 bridgehead atoms. The first-order valence-corrected chi connectivity index (χ1v) is 3.97.